The number of carbonyl (C=O) groups is 1. The maximum absolute atomic E-state index is 13.5. The van der Waals surface area contributed by atoms with Crippen molar-refractivity contribution in [3.8, 4) is 0 Å². The van der Waals surface area contributed by atoms with E-state index in [2.05, 4.69) is 104 Å². The van der Waals surface area contributed by atoms with Crippen molar-refractivity contribution in [2.75, 3.05) is 26.4 Å². The number of unbranched alkanes of at least 4 members (excludes halogenated alkanes) is 37. The van der Waals surface area contributed by atoms with Crippen molar-refractivity contribution < 1.29 is 89.4 Å². The molecule has 0 aromatic heterocycles. The Labute approximate surface area is 635 Å². The van der Waals surface area contributed by atoms with Crippen molar-refractivity contribution in [2.24, 2.45) is 0 Å². The van der Waals surface area contributed by atoms with Crippen LogP contribution >= 0.6 is 0 Å². The molecule has 0 aromatic rings. The molecule has 17 atom stereocenters. The first kappa shape index (κ1) is 96.2. The van der Waals surface area contributed by atoms with E-state index in [0.29, 0.717) is 12.8 Å². The summed E-state index contributed by atoms with van der Waals surface area (Å²) in [5.74, 6) is -0.248. The van der Waals surface area contributed by atoms with E-state index in [0.717, 1.165) is 103 Å². The zero-order valence-corrected chi connectivity index (χ0v) is 65.4. The first-order valence-corrected chi connectivity index (χ1v) is 42.3. The van der Waals surface area contributed by atoms with Crippen LogP contribution < -0.4 is 5.32 Å². The van der Waals surface area contributed by atoms with Gasteiger partial charge in [-0.1, -0.05) is 330 Å². The van der Waals surface area contributed by atoms with Gasteiger partial charge in [-0.3, -0.25) is 4.79 Å². The maximum Gasteiger partial charge on any atom is 0.220 e. The van der Waals surface area contributed by atoms with Crippen LogP contribution in [0.2, 0.25) is 0 Å². The Hall–Kier alpha value is -3.03. The second-order valence-electron chi connectivity index (χ2n) is 29.9. The fraction of sp³-hybridized carbons (Fsp3) is 0.826. The quantitative estimate of drug-likeness (QED) is 0.0199. The van der Waals surface area contributed by atoms with E-state index in [9.17, 15) is 61.0 Å². The Morgan fingerprint density at radius 1 is 0.352 bits per heavy atom. The van der Waals surface area contributed by atoms with E-state index in [1.165, 1.54) is 186 Å². The predicted octanol–water partition coefficient (Wildman–Crippen LogP) is 15.0. The minimum atomic E-state index is -1.98. The van der Waals surface area contributed by atoms with Crippen molar-refractivity contribution in [3.63, 3.8) is 0 Å². The number of hydrogen-bond donors (Lipinski definition) is 12. The second kappa shape index (κ2) is 65.7. The average molecular weight is 1490 g/mol. The fourth-order valence-electron chi connectivity index (χ4n) is 14.0. The Morgan fingerprint density at radius 3 is 1.03 bits per heavy atom. The molecule has 19 nitrogen and oxygen atoms in total. The average Bonchev–Trinajstić information content (AvgIpc) is 0.781. The number of amides is 1. The monoisotopic (exact) mass is 1490 g/mol. The molecule has 0 aromatic carbocycles. The minimum absolute atomic E-state index is 0.248. The molecule has 610 valence electrons. The van der Waals surface area contributed by atoms with Gasteiger partial charge in [0.1, 0.15) is 73.2 Å². The lowest BCUT2D eigenvalue weighted by molar-refractivity contribution is -0.379. The van der Waals surface area contributed by atoms with Crippen LogP contribution in [0.1, 0.15) is 322 Å². The van der Waals surface area contributed by atoms with E-state index in [4.69, 9.17) is 28.4 Å². The van der Waals surface area contributed by atoms with Crippen LogP contribution in [-0.4, -0.2) is 193 Å². The van der Waals surface area contributed by atoms with Gasteiger partial charge < -0.3 is 89.9 Å². The van der Waals surface area contributed by atoms with Crippen molar-refractivity contribution >= 4 is 5.91 Å². The first-order valence-electron chi connectivity index (χ1n) is 42.3. The van der Waals surface area contributed by atoms with Crippen molar-refractivity contribution in [1.82, 2.24) is 5.32 Å². The van der Waals surface area contributed by atoms with Crippen LogP contribution in [0.4, 0.5) is 0 Å². The van der Waals surface area contributed by atoms with Crippen LogP contribution in [-0.2, 0) is 33.2 Å². The Kier molecular flexibility index (Phi) is 60.1. The van der Waals surface area contributed by atoms with Gasteiger partial charge in [-0.2, -0.15) is 0 Å². The van der Waals surface area contributed by atoms with Crippen LogP contribution in [0.15, 0.2) is 85.1 Å². The molecule has 0 spiro atoms. The number of nitrogens with one attached hydrogen (secondary N) is 1. The summed E-state index contributed by atoms with van der Waals surface area (Å²) in [5.41, 5.74) is 0. The Balaban J connectivity index is 1.36. The predicted molar refractivity (Wildman–Crippen MR) is 420 cm³/mol. The number of rotatable bonds is 67. The molecule has 0 saturated carbocycles. The van der Waals surface area contributed by atoms with Crippen molar-refractivity contribution in [1.29, 1.82) is 0 Å². The third kappa shape index (κ3) is 45.2. The molecular weight excluding hydrogens is 1330 g/mol. The first-order chi connectivity index (χ1) is 51.3. The van der Waals surface area contributed by atoms with Crippen LogP contribution in [0.5, 0.6) is 0 Å². The number of hydrogen-bond acceptors (Lipinski definition) is 18. The van der Waals surface area contributed by atoms with Crippen molar-refractivity contribution in [2.45, 2.75) is 426 Å². The number of ether oxygens (including phenoxy) is 6. The SMILES string of the molecule is CC/C=C\C/C=C\C/C=C\C/C=C\C/C=C\C/C=C\C/C=C\CCCCCCCCCCCC(=O)NC(COC1OC(CO)C(OC2OC(CO)C(OC3OC(CO)C(O)C(O)C3O)C(O)C2O)C(O)C1O)C(O)CCCCCCCCCCCCCCCCCCCCCCCCCCCCCCC. The summed E-state index contributed by atoms with van der Waals surface area (Å²) in [4.78, 5) is 13.5. The van der Waals surface area contributed by atoms with Gasteiger partial charge in [0.05, 0.1) is 38.6 Å². The van der Waals surface area contributed by atoms with Crippen LogP contribution in [0.3, 0.4) is 0 Å². The zero-order valence-electron chi connectivity index (χ0n) is 65.4. The van der Waals surface area contributed by atoms with Gasteiger partial charge in [0, 0.05) is 6.42 Å². The summed E-state index contributed by atoms with van der Waals surface area (Å²) < 4.78 is 34.6. The molecule has 0 radical (unpaired) electrons. The molecule has 12 N–H and O–H groups in total. The lowest BCUT2D eigenvalue weighted by Gasteiger charge is -2.48. The lowest BCUT2D eigenvalue weighted by Crippen LogP contribution is -2.66. The van der Waals surface area contributed by atoms with E-state index < -0.39 is 124 Å². The molecule has 3 saturated heterocycles. The van der Waals surface area contributed by atoms with Crippen LogP contribution in [0.25, 0.3) is 0 Å². The standard InChI is InChI=1S/C86H153NO18/c1-3-5-7-9-11-13-15-17-19-21-23-25-27-29-31-33-34-36-38-40-42-44-46-48-50-52-54-56-58-60-62-64-74(92)87-69(70(91)63-61-59-57-55-53-51-49-47-45-43-41-39-37-35-32-30-28-26-24-22-20-18-16-14-12-10-8-6-4-2)68-100-84-80(98)77(95)82(72(66-89)102-84)105-86-81(99)78(96)83(73(67-90)103-86)104-85-79(97)76(94)75(93)71(65-88)101-85/h5,7,11,13,17,19,23,25,29,31,34,36,40,42,69-73,75-86,88-91,93-99H,3-4,6,8-10,12,14-16,18,20-22,24,26-28,30,32-33,35,37-39,41,43-68H2,1-2H3,(H,87,92)/b7-5-,13-11-,19-17-,25-23-,31-29-,36-34-,42-40-. The van der Waals surface area contributed by atoms with Crippen molar-refractivity contribution in [3.05, 3.63) is 85.1 Å². The number of carbonyl (C=O) groups excluding carboxylic acids is 1. The summed E-state index contributed by atoms with van der Waals surface area (Å²) in [6.07, 6.45) is 60.9. The highest BCUT2D eigenvalue weighted by molar-refractivity contribution is 5.76. The summed E-state index contributed by atoms with van der Waals surface area (Å²) in [6, 6.07) is -0.898. The van der Waals surface area contributed by atoms with E-state index in [1.54, 1.807) is 0 Å². The van der Waals surface area contributed by atoms with Gasteiger partial charge in [0.2, 0.25) is 5.91 Å². The van der Waals surface area contributed by atoms with Gasteiger partial charge in [0.25, 0.3) is 0 Å². The summed E-state index contributed by atoms with van der Waals surface area (Å²) in [6.45, 7) is 1.72. The topological polar surface area (TPSA) is 307 Å². The van der Waals surface area contributed by atoms with E-state index in [-0.39, 0.29) is 18.9 Å². The molecule has 3 aliphatic rings. The zero-order chi connectivity index (χ0) is 76.0. The molecular formula is C86H153NO18. The molecule has 1 amide bonds. The molecule has 17 unspecified atom stereocenters. The summed E-state index contributed by atoms with van der Waals surface area (Å²) in [7, 11) is 0. The summed E-state index contributed by atoms with van der Waals surface area (Å²) >= 11 is 0. The smallest absolute Gasteiger partial charge is 0.220 e. The Bertz CT molecular complexity index is 2230. The Morgan fingerprint density at radius 2 is 0.657 bits per heavy atom. The molecule has 0 bridgehead atoms. The largest absolute Gasteiger partial charge is 0.394 e. The van der Waals surface area contributed by atoms with Gasteiger partial charge in [0.15, 0.2) is 18.9 Å². The third-order valence-corrected chi connectivity index (χ3v) is 20.7. The fourth-order valence-corrected chi connectivity index (χ4v) is 14.0. The number of aliphatic hydroxyl groups is 11. The highest BCUT2D eigenvalue weighted by Crippen LogP contribution is 2.33. The highest BCUT2D eigenvalue weighted by atomic mass is 16.8. The van der Waals surface area contributed by atoms with E-state index in [1.807, 2.05) is 0 Å². The van der Waals surface area contributed by atoms with Gasteiger partial charge in [-0.25, -0.2) is 0 Å². The number of allylic oxidation sites excluding steroid dienone is 14. The lowest BCUT2D eigenvalue weighted by atomic mass is 9.96. The third-order valence-electron chi connectivity index (χ3n) is 20.7. The highest BCUT2D eigenvalue weighted by Gasteiger charge is 2.54. The molecule has 3 heterocycles. The molecule has 0 aliphatic carbocycles. The maximum atomic E-state index is 13.5. The number of aliphatic hydroxyl groups excluding tert-OH is 11. The van der Waals surface area contributed by atoms with Crippen LogP contribution in [0, 0.1) is 0 Å². The van der Waals surface area contributed by atoms with E-state index >= 15 is 0 Å². The summed E-state index contributed by atoms with van der Waals surface area (Å²) in [5, 5.41) is 121. The van der Waals surface area contributed by atoms with Gasteiger partial charge >= 0.3 is 0 Å². The molecule has 3 aliphatic heterocycles. The molecule has 3 rings (SSSR count). The van der Waals surface area contributed by atoms with Gasteiger partial charge in [-0.15, -0.1) is 0 Å². The molecule has 105 heavy (non-hydrogen) atoms. The molecule has 19 heteroatoms. The normalized spacial score (nSPS) is 26.2. The molecule has 3 fully saturated rings. The second-order valence-corrected chi connectivity index (χ2v) is 29.9. The van der Waals surface area contributed by atoms with Gasteiger partial charge in [-0.05, 0) is 70.6 Å². The minimum Gasteiger partial charge on any atom is -0.394 e.